The lowest BCUT2D eigenvalue weighted by Gasteiger charge is -2.14. The summed E-state index contributed by atoms with van der Waals surface area (Å²) in [6, 6.07) is 7.74. The minimum Gasteiger partial charge on any atom is -0.446 e. The first kappa shape index (κ1) is 18.2. The number of benzene rings is 1. The van der Waals surface area contributed by atoms with Crippen LogP contribution in [0, 0.1) is 5.92 Å². The van der Waals surface area contributed by atoms with E-state index in [0.717, 1.165) is 22.9 Å². The highest BCUT2D eigenvalue weighted by atomic mass is 16.3. The number of fused-ring (bicyclic) bond motifs is 1. The minimum atomic E-state index is -0.413. The number of carbonyl (C=O) groups is 1. The molecule has 1 aromatic carbocycles. The van der Waals surface area contributed by atoms with Gasteiger partial charge in [0, 0.05) is 23.1 Å². The molecule has 0 spiro atoms. The first-order valence-electron chi connectivity index (χ1n) is 9.01. The largest absolute Gasteiger partial charge is 0.446 e. The van der Waals surface area contributed by atoms with Gasteiger partial charge in [0.05, 0.1) is 6.04 Å². The maximum absolute atomic E-state index is 12.3. The van der Waals surface area contributed by atoms with E-state index in [1.807, 2.05) is 31.3 Å². The molecular formula is C20H26N4O2. The summed E-state index contributed by atoms with van der Waals surface area (Å²) in [5, 5.41) is 4.08. The van der Waals surface area contributed by atoms with Gasteiger partial charge < -0.3 is 20.5 Å². The molecule has 0 saturated heterocycles. The van der Waals surface area contributed by atoms with Gasteiger partial charge in [-0.25, -0.2) is 4.98 Å². The van der Waals surface area contributed by atoms with E-state index in [0.29, 0.717) is 18.2 Å². The third kappa shape index (κ3) is 4.14. The second-order valence-electron chi connectivity index (χ2n) is 7.25. The third-order valence-electron chi connectivity index (χ3n) is 4.39. The van der Waals surface area contributed by atoms with Gasteiger partial charge in [0.15, 0.2) is 5.69 Å². The molecule has 4 N–H and O–H groups in total. The van der Waals surface area contributed by atoms with Crippen molar-refractivity contribution in [2.24, 2.45) is 11.7 Å². The van der Waals surface area contributed by atoms with Crippen LogP contribution in [0.25, 0.3) is 10.9 Å². The molecule has 0 radical (unpaired) electrons. The van der Waals surface area contributed by atoms with Crippen molar-refractivity contribution < 1.29 is 9.21 Å². The summed E-state index contributed by atoms with van der Waals surface area (Å²) in [5.41, 5.74) is 8.70. The molecule has 26 heavy (non-hydrogen) atoms. The Balaban J connectivity index is 1.66. The molecule has 2 unspecified atom stereocenters. The van der Waals surface area contributed by atoms with E-state index in [9.17, 15) is 4.79 Å². The topological polar surface area (TPSA) is 96.9 Å². The molecule has 3 aromatic rings. The fraction of sp³-hybridized carbons (Fsp3) is 0.400. The number of carbonyl (C=O) groups excluding carboxylic acids is 1. The number of hydrogen-bond acceptors (Lipinski definition) is 4. The maximum Gasteiger partial charge on any atom is 0.273 e. The molecule has 1 amide bonds. The zero-order valence-electron chi connectivity index (χ0n) is 15.5. The van der Waals surface area contributed by atoms with Crippen LogP contribution < -0.4 is 11.1 Å². The fourth-order valence-electron chi connectivity index (χ4n) is 3.25. The summed E-state index contributed by atoms with van der Waals surface area (Å²) < 4.78 is 5.46. The van der Waals surface area contributed by atoms with Gasteiger partial charge >= 0.3 is 0 Å². The predicted octanol–water partition coefficient (Wildman–Crippen LogP) is 3.56. The lowest BCUT2D eigenvalue weighted by molar-refractivity contribution is 0.0931. The van der Waals surface area contributed by atoms with Crippen LogP contribution in [0.4, 0.5) is 0 Å². The summed E-state index contributed by atoms with van der Waals surface area (Å²) in [4.78, 5) is 19.8. The van der Waals surface area contributed by atoms with Gasteiger partial charge in [-0.3, -0.25) is 4.79 Å². The summed E-state index contributed by atoms with van der Waals surface area (Å²) >= 11 is 0. The molecule has 3 rings (SSSR count). The number of nitrogens with two attached hydrogens (primary N) is 1. The highest BCUT2D eigenvalue weighted by molar-refractivity contribution is 5.92. The summed E-state index contributed by atoms with van der Waals surface area (Å²) in [5.74, 6) is 0.659. The maximum atomic E-state index is 12.3. The van der Waals surface area contributed by atoms with E-state index >= 15 is 0 Å². The number of hydrogen-bond donors (Lipinski definition) is 3. The smallest absolute Gasteiger partial charge is 0.273 e. The highest BCUT2D eigenvalue weighted by Gasteiger charge is 2.19. The number of nitrogens with one attached hydrogen (secondary N) is 2. The molecule has 0 aliphatic heterocycles. The number of para-hydroxylation sites is 1. The number of rotatable bonds is 7. The van der Waals surface area contributed by atoms with Gasteiger partial charge in [0.1, 0.15) is 6.26 Å². The average molecular weight is 354 g/mol. The molecule has 2 aromatic heterocycles. The Morgan fingerprint density at radius 1 is 1.31 bits per heavy atom. The zero-order chi connectivity index (χ0) is 18.7. The third-order valence-corrected chi connectivity index (χ3v) is 4.39. The van der Waals surface area contributed by atoms with E-state index in [1.54, 1.807) is 0 Å². The van der Waals surface area contributed by atoms with E-state index in [-0.39, 0.29) is 17.6 Å². The number of aromatic amines is 1. The number of aromatic nitrogens is 2. The minimum absolute atomic E-state index is 0.0857. The number of H-pyrrole nitrogens is 1. The van der Waals surface area contributed by atoms with Gasteiger partial charge in [-0.1, -0.05) is 32.0 Å². The van der Waals surface area contributed by atoms with Crippen molar-refractivity contribution in [1.29, 1.82) is 0 Å². The van der Waals surface area contributed by atoms with Crippen molar-refractivity contribution in [2.75, 3.05) is 0 Å². The molecule has 0 aliphatic rings. The van der Waals surface area contributed by atoms with Crippen LogP contribution in [0.5, 0.6) is 0 Å². The van der Waals surface area contributed by atoms with E-state index in [1.165, 1.54) is 6.26 Å². The molecule has 6 nitrogen and oxygen atoms in total. The average Bonchev–Trinajstić information content (AvgIpc) is 3.22. The van der Waals surface area contributed by atoms with Crippen molar-refractivity contribution in [1.82, 2.24) is 15.3 Å². The van der Waals surface area contributed by atoms with Crippen molar-refractivity contribution >= 4 is 16.8 Å². The second-order valence-corrected chi connectivity index (χ2v) is 7.25. The first-order chi connectivity index (χ1) is 12.4. The van der Waals surface area contributed by atoms with Crippen LogP contribution >= 0.6 is 0 Å². The zero-order valence-corrected chi connectivity index (χ0v) is 15.5. The van der Waals surface area contributed by atoms with Crippen molar-refractivity contribution in [3.05, 3.63) is 53.9 Å². The van der Waals surface area contributed by atoms with Crippen LogP contribution in [0.1, 0.15) is 55.2 Å². The van der Waals surface area contributed by atoms with E-state index in [4.69, 9.17) is 10.2 Å². The molecule has 0 fully saturated rings. The molecule has 0 saturated carbocycles. The second kappa shape index (κ2) is 7.74. The predicted molar refractivity (Wildman–Crippen MR) is 102 cm³/mol. The monoisotopic (exact) mass is 354 g/mol. The van der Waals surface area contributed by atoms with Crippen LogP contribution in [-0.4, -0.2) is 21.9 Å². The van der Waals surface area contributed by atoms with Crippen molar-refractivity contribution in [3.63, 3.8) is 0 Å². The standard InChI is InChI=1S/C20H26N4O2/c1-12(2)8-13(3)23-19(25)18-11-26-20(24-18)16(21)9-14-10-22-17-7-5-4-6-15(14)17/h4-7,10-13,16,22H,8-9,21H2,1-3H3,(H,23,25). The van der Waals surface area contributed by atoms with Gasteiger partial charge in [0.2, 0.25) is 5.89 Å². The molecular weight excluding hydrogens is 328 g/mol. The quantitative estimate of drug-likeness (QED) is 0.604. The number of oxazole rings is 1. The van der Waals surface area contributed by atoms with Gasteiger partial charge in [-0.15, -0.1) is 0 Å². The Morgan fingerprint density at radius 2 is 2.08 bits per heavy atom. The van der Waals surface area contributed by atoms with E-state index < -0.39 is 6.04 Å². The van der Waals surface area contributed by atoms with Crippen molar-refractivity contribution in [3.8, 4) is 0 Å². The molecule has 2 atom stereocenters. The Morgan fingerprint density at radius 3 is 2.85 bits per heavy atom. The Bertz CT molecular complexity index is 881. The van der Waals surface area contributed by atoms with Gasteiger partial charge in [0.25, 0.3) is 5.91 Å². The molecule has 0 aliphatic carbocycles. The molecule has 6 heteroatoms. The highest BCUT2D eigenvalue weighted by Crippen LogP contribution is 2.23. The lowest BCUT2D eigenvalue weighted by Crippen LogP contribution is -2.33. The van der Waals surface area contributed by atoms with Crippen LogP contribution in [0.15, 0.2) is 41.1 Å². The number of amides is 1. The Hall–Kier alpha value is -2.60. The SMILES string of the molecule is CC(C)CC(C)NC(=O)c1coc(C(N)Cc2c[nH]c3ccccc23)n1. The molecule has 2 heterocycles. The normalized spacial score (nSPS) is 13.9. The Labute approximate surface area is 153 Å². The van der Waals surface area contributed by atoms with Crippen LogP contribution in [0.2, 0.25) is 0 Å². The first-order valence-corrected chi connectivity index (χ1v) is 9.01. The van der Waals surface area contributed by atoms with Crippen LogP contribution in [0.3, 0.4) is 0 Å². The molecule has 0 bridgehead atoms. The number of nitrogens with zero attached hydrogens (tertiary/aromatic N) is 1. The summed E-state index contributed by atoms with van der Waals surface area (Å²) in [6.07, 6.45) is 4.82. The van der Waals surface area contributed by atoms with E-state index in [2.05, 4.69) is 35.2 Å². The molecule has 138 valence electrons. The van der Waals surface area contributed by atoms with Gasteiger partial charge in [-0.05, 0) is 37.3 Å². The van der Waals surface area contributed by atoms with Crippen LogP contribution in [-0.2, 0) is 6.42 Å². The fourth-order valence-corrected chi connectivity index (χ4v) is 3.25. The van der Waals surface area contributed by atoms with Gasteiger partial charge in [-0.2, -0.15) is 0 Å². The Kier molecular flexibility index (Phi) is 5.42. The summed E-state index contributed by atoms with van der Waals surface area (Å²) in [6.45, 7) is 6.24. The van der Waals surface area contributed by atoms with Crippen molar-refractivity contribution in [2.45, 2.75) is 45.7 Å². The summed E-state index contributed by atoms with van der Waals surface area (Å²) in [7, 11) is 0. The lowest BCUT2D eigenvalue weighted by atomic mass is 10.1.